The number of amides is 3. The maximum atomic E-state index is 12.7. The highest BCUT2D eigenvalue weighted by molar-refractivity contribution is 6.33. The highest BCUT2D eigenvalue weighted by atomic mass is 35.5. The third-order valence-electron chi connectivity index (χ3n) is 6.64. The Balaban J connectivity index is 0.000000580. The highest BCUT2D eigenvalue weighted by Gasteiger charge is 2.28. The number of aliphatic carboxylic acids is 2. The summed E-state index contributed by atoms with van der Waals surface area (Å²) in [4.78, 5) is 50.0. The van der Waals surface area contributed by atoms with E-state index in [-0.39, 0.29) is 18.0 Å². The van der Waals surface area contributed by atoms with Crippen LogP contribution in [0.15, 0.2) is 24.3 Å². The quantitative estimate of drug-likeness (QED) is 0.285. The van der Waals surface area contributed by atoms with Crippen molar-refractivity contribution < 1.29 is 34.1 Å². The largest absolute Gasteiger partial charge is 0.496 e. The number of hydrogen-bond acceptors (Lipinski definition) is 7. The van der Waals surface area contributed by atoms with Crippen molar-refractivity contribution >= 4 is 41.2 Å². The molecule has 0 saturated carbocycles. The van der Waals surface area contributed by atoms with Crippen LogP contribution in [0.25, 0.3) is 0 Å². The number of carboxylic acids is 2. The number of nitrogens with zero attached hydrogens (tertiary/aromatic N) is 3. The van der Waals surface area contributed by atoms with Crippen LogP contribution >= 0.6 is 11.6 Å². The van der Waals surface area contributed by atoms with Gasteiger partial charge in [-0.25, -0.2) is 14.4 Å². The van der Waals surface area contributed by atoms with Crippen LogP contribution in [0.2, 0.25) is 5.02 Å². The number of nitrogens with two attached hydrogens (primary N) is 1. The van der Waals surface area contributed by atoms with E-state index in [9.17, 15) is 19.2 Å². The number of carboxylic acid groups (broad SMARTS) is 2. The summed E-state index contributed by atoms with van der Waals surface area (Å²) in [5.74, 6) is -1.65. The Morgan fingerprint density at radius 2 is 1.62 bits per heavy atom. The first kappa shape index (κ1) is 31.7. The van der Waals surface area contributed by atoms with Gasteiger partial charge in [0.05, 0.1) is 23.4 Å². The summed E-state index contributed by atoms with van der Waals surface area (Å²) in [6.07, 6.45) is 5.04. The van der Waals surface area contributed by atoms with Gasteiger partial charge in [0.1, 0.15) is 5.75 Å². The number of nitrogens with one attached hydrogen (secondary N) is 1. The van der Waals surface area contributed by atoms with E-state index in [1.54, 1.807) is 31.1 Å². The first-order valence-corrected chi connectivity index (χ1v) is 13.0. The first-order valence-electron chi connectivity index (χ1n) is 12.7. The Hall–Kier alpha value is -3.51. The van der Waals surface area contributed by atoms with Crippen LogP contribution in [-0.4, -0.2) is 109 Å². The summed E-state index contributed by atoms with van der Waals surface area (Å²) in [5, 5.41) is 19.1. The molecule has 3 rings (SSSR count). The van der Waals surface area contributed by atoms with Crippen LogP contribution in [0.5, 0.6) is 5.75 Å². The third-order valence-corrected chi connectivity index (χ3v) is 6.97. The average Bonchev–Trinajstić information content (AvgIpc) is 2.90. The van der Waals surface area contributed by atoms with E-state index in [4.69, 9.17) is 32.3 Å². The van der Waals surface area contributed by atoms with Gasteiger partial charge in [0.25, 0.3) is 5.91 Å². The van der Waals surface area contributed by atoms with Crippen molar-refractivity contribution in [2.75, 3.05) is 59.7 Å². The molecule has 5 N–H and O–H groups in total. The molecule has 39 heavy (non-hydrogen) atoms. The van der Waals surface area contributed by atoms with Crippen LogP contribution in [0.4, 0.5) is 10.5 Å². The number of halogens is 1. The second-order valence-electron chi connectivity index (χ2n) is 9.74. The van der Waals surface area contributed by atoms with Crippen molar-refractivity contribution in [2.45, 2.75) is 31.7 Å². The Kier molecular flexibility index (Phi) is 12.3. The smallest absolute Gasteiger partial charge is 0.328 e. The summed E-state index contributed by atoms with van der Waals surface area (Å²) >= 11 is 6.09. The van der Waals surface area contributed by atoms with Crippen LogP contribution in [0.1, 0.15) is 36.0 Å². The van der Waals surface area contributed by atoms with Gasteiger partial charge in [0.15, 0.2) is 0 Å². The topological polar surface area (TPSA) is 166 Å². The number of likely N-dealkylation sites (tertiary alicyclic amines) is 2. The minimum absolute atomic E-state index is 0.106. The maximum absolute atomic E-state index is 12.7. The van der Waals surface area contributed by atoms with Crippen molar-refractivity contribution in [3.05, 3.63) is 34.9 Å². The SMILES string of the molecule is COc1cc(N)c(Cl)cc1C(=O)NC1CCN(CC2CCN(C(=O)N(C)C)CC2)CC1.O=C(O)C=CC(=O)O. The van der Waals surface area contributed by atoms with Gasteiger partial charge in [-0.3, -0.25) is 4.79 Å². The molecule has 1 aromatic carbocycles. The summed E-state index contributed by atoms with van der Waals surface area (Å²) in [6, 6.07) is 3.38. The molecule has 1 aromatic rings. The summed E-state index contributed by atoms with van der Waals surface area (Å²) in [7, 11) is 5.11. The number of anilines is 1. The number of carbonyl (C=O) groups is 4. The molecule has 0 aromatic heterocycles. The van der Waals surface area contributed by atoms with Gasteiger partial charge >= 0.3 is 18.0 Å². The second-order valence-corrected chi connectivity index (χ2v) is 10.1. The second kappa shape index (κ2) is 15.2. The van der Waals surface area contributed by atoms with Crippen molar-refractivity contribution in [1.29, 1.82) is 0 Å². The van der Waals surface area contributed by atoms with Crippen molar-refractivity contribution in [1.82, 2.24) is 20.0 Å². The van der Waals surface area contributed by atoms with E-state index in [1.165, 1.54) is 7.11 Å². The fourth-order valence-corrected chi connectivity index (χ4v) is 4.70. The lowest BCUT2D eigenvalue weighted by atomic mass is 9.94. The number of carbonyl (C=O) groups excluding carboxylic acids is 2. The Morgan fingerprint density at radius 3 is 2.10 bits per heavy atom. The maximum Gasteiger partial charge on any atom is 0.328 e. The van der Waals surface area contributed by atoms with Crippen LogP contribution in [-0.2, 0) is 9.59 Å². The van der Waals surface area contributed by atoms with Crippen molar-refractivity contribution in [3.8, 4) is 5.75 Å². The Labute approximate surface area is 233 Å². The molecule has 2 aliphatic heterocycles. The third kappa shape index (κ3) is 10.3. The molecule has 13 heteroatoms. The fraction of sp³-hybridized carbons (Fsp3) is 0.538. The lowest BCUT2D eigenvalue weighted by Crippen LogP contribution is -2.48. The summed E-state index contributed by atoms with van der Waals surface area (Å²) in [6.45, 7) is 4.65. The standard InChI is InChI=1S/C22H34ClN5O3.C4H4O4/c1-26(2)22(30)28-10-4-15(5-11-28)14-27-8-6-16(7-9-27)25-21(29)17-12-18(23)19(24)13-20(17)31-3;5-3(6)1-2-4(7)8/h12-13,15-16H,4-11,14,24H2,1-3H3,(H,25,29);1-2H,(H,5,6)(H,7,8). The first-order chi connectivity index (χ1) is 18.4. The number of urea groups is 1. The number of benzene rings is 1. The van der Waals surface area contributed by atoms with E-state index in [2.05, 4.69) is 10.2 Å². The molecule has 2 heterocycles. The zero-order valence-electron chi connectivity index (χ0n) is 22.6. The van der Waals surface area contributed by atoms with E-state index in [0.717, 1.165) is 58.4 Å². The molecule has 2 saturated heterocycles. The monoisotopic (exact) mass is 567 g/mol. The van der Waals surface area contributed by atoms with Crippen LogP contribution in [0.3, 0.4) is 0 Å². The van der Waals surface area contributed by atoms with Gasteiger partial charge in [0, 0.05) is 71.1 Å². The number of methoxy groups -OCH3 is 1. The average molecular weight is 568 g/mol. The predicted octanol–water partition coefficient (Wildman–Crippen LogP) is 2.23. The molecule has 0 unspecified atom stereocenters. The normalized spacial score (nSPS) is 16.8. The highest BCUT2D eigenvalue weighted by Crippen LogP contribution is 2.29. The zero-order valence-corrected chi connectivity index (χ0v) is 23.3. The summed E-state index contributed by atoms with van der Waals surface area (Å²) in [5.41, 5.74) is 6.60. The molecule has 3 amide bonds. The van der Waals surface area contributed by atoms with Gasteiger partial charge in [0.2, 0.25) is 0 Å². The minimum Gasteiger partial charge on any atom is -0.496 e. The van der Waals surface area contributed by atoms with E-state index >= 15 is 0 Å². The molecule has 0 atom stereocenters. The number of ether oxygens (including phenoxy) is 1. The van der Waals surface area contributed by atoms with E-state index in [1.807, 2.05) is 4.90 Å². The van der Waals surface area contributed by atoms with Gasteiger partial charge in [-0.15, -0.1) is 0 Å². The molecule has 2 aliphatic rings. The van der Waals surface area contributed by atoms with Crippen molar-refractivity contribution in [3.63, 3.8) is 0 Å². The summed E-state index contributed by atoms with van der Waals surface area (Å²) < 4.78 is 5.29. The predicted molar refractivity (Wildman–Crippen MR) is 147 cm³/mol. The Bertz CT molecular complexity index is 1030. The zero-order chi connectivity index (χ0) is 29.1. The van der Waals surface area contributed by atoms with E-state index < -0.39 is 11.9 Å². The molecule has 0 radical (unpaired) electrons. The van der Waals surface area contributed by atoms with E-state index in [0.29, 0.717) is 40.1 Å². The van der Waals surface area contributed by atoms with Gasteiger partial charge in [-0.2, -0.15) is 0 Å². The minimum atomic E-state index is -1.26. The van der Waals surface area contributed by atoms with Crippen LogP contribution in [0, 0.1) is 5.92 Å². The molecule has 12 nitrogen and oxygen atoms in total. The van der Waals surface area contributed by atoms with Gasteiger partial charge < -0.3 is 40.7 Å². The molecule has 0 spiro atoms. The molecule has 0 bridgehead atoms. The van der Waals surface area contributed by atoms with Gasteiger partial charge in [-0.1, -0.05) is 11.6 Å². The van der Waals surface area contributed by atoms with Crippen LogP contribution < -0.4 is 15.8 Å². The number of nitrogen functional groups attached to an aromatic ring is 1. The molecular weight excluding hydrogens is 530 g/mol. The molecule has 2 fully saturated rings. The number of hydrogen-bond donors (Lipinski definition) is 4. The molecular formula is C26H38ClN5O7. The molecule has 0 aliphatic carbocycles. The lowest BCUT2D eigenvalue weighted by molar-refractivity contribution is -0.134. The fourth-order valence-electron chi connectivity index (χ4n) is 4.54. The van der Waals surface area contributed by atoms with Gasteiger partial charge in [-0.05, 0) is 37.7 Å². The molecule has 216 valence electrons. The lowest BCUT2D eigenvalue weighted by Gasteiger charge is -2.38. The number of rotatable bonds is 7. The van der Waals surface area contributed by atoms with Crippen molar-refractivity contribution in [2.24, 2.45) is 5.92 Å². The number of piperidine rings is 2. The Morgan fingerprint density at radius 1 is 1.05 bits per heavy atom.